The fourth-order valence-corrected chi connectivity index (χ4v) is 1.29. The van der Waals surface area contributed by atoms with E-state index in [1.165, 1.54) is 19.3 Å². The summed E-state index contributed by atoms with van der Waals surface area (Å²) in [5.41, 5.74) is 0.408. The van der Waals surface area contributed by atoms with Crippen LogP contribution >= 0.6 is 0 Å². The number of hydrogen-bond donors (Lipinski definition) is 1. The van der Waals surface area contributed by atoms with Crippen molar-refractivity contribution in [2.24, 2.45) is 5.41 Å². The van der Waals surface area contributed by atoms with Gasteiger partial charge in [-0.05, 0) is 44.2 Å². The van der Waals surface area contributed by atoms with Crippen LogP contribution in [0.15, 0.2) is 0 Å². The van der Waals surface area contributed by atoms with Gasteiger partial charge in [0.2, 0.25) is 0 Å². The molecule has 0 aromatic heterocycles. The molecule has 0 saturated heterocycles. The maximum Gasteiger partial charge on any atom is 0.0471 e. The minimum atomic E-state index is 0.408. The number of hydrogen-bond acceptors (Lipinski definition) is 2. The zero-order valence-electron chi connectivity index (χ0n) is 11.1. The summed E-state index contributed by atoms with van der Waals surface area (Å²) >= 11 is 0. The molecular weight excluding hydrogens is 186 g/mol. The number of rotatable bonds is 9. The molecule has 92 valence electrons. The lowest BCUT2D eigenvalue weighted by Crippen LogP contribution is -2.14. The van der Waals surface area contributed by atoms with Crippen molar-refractivity contribution < 1.29 is 4.74 Å². The van der Waals surface area contributed by atoms with Gasteiger partial charge >= 0.3 is 0 Å². The Bertz CT molecular complexity index is 129. The first kappa shape index (κ1) is 14.9. The largest absolute Gasteiger partial charge is 0.381 e. The first-order valence-corrected chi connectivity index (χ1v) is 6.35. The summed E-state index contributed by atoms with van der Waals surface area (Å²) in [6, 6.07) is 0. The van der Waals surface area contributed by atoms with E-state index in [0.717, 1.165) is 32.7 Å². The van der Waals surface area contributed by atoms with Crippen molar-refractivity contribution in [1.29, 1.82) is 0 Å². The molecule has 0 aromatic rings. The lowest BCUT2D eigenvalue weighted by atomic mass is 9.93. The van der Waals surface area contributed by atoms with Gasteiger partial charge in [-0.25, -0.2) is 0 Å². The van der Waals surface area contributed by atoms with Crippen LogP contribution < -0.4 is 5.32 Å². The molecule has 0 saturated carbocycles. The second-order valence-corrected chi connectivity index (χ2v) is 5.34. The van der Waals surface area contributed by atoms with Crippen LogP contribution in [0.4, 0.5) is 0 Å². The van der Waals surface area contributed by atoms with Gasteiger partial charge in [0.05, 0.1) is 0 Å². The van der Waals surface area contributed by atoms with Crippen LogP contribution in [0.25, 0.3) is 0 Å². The third kappa shape index (κ3) is 13.9. The third-order valence-electron chi connectivity index (χ3n) is 2.39. The van der Waals surface area contributed by atoms with Crippen LogP contribution in [-0.2, 0) is 4.74 Å². The fourth-order valence-electron chi connectivity index (χ4n) is 1.29. The highest BCUT2D eigenvalue weighted by atomic mass is 16.5. The molecule has 0 spiro atoms. The predicted octanol–water partition coefficient (Wildman–Crippen LogP) is 3.22. The lowest BCUT2D eigenvalue weighted by Gasteiger charge is -2.17. The average molecular weight is 215 g/mol. The van der Waals surface area contributed by atoms with Gasteiger partial charge in [-0.1, -0.05) is 27.7 Å². The van der Waals surface area contributed by atoms with Crippen LogP contribution in [0.1, 0.15) is 53.4 Å². The van der Waals surface area contributed by atoms with Gasteiger partial charge in [0.25, 0.3) is 0 Å². The van der Waals surface area contributed by atoms with Crippen molar-refractivity contribution >= 4 is 0 Å². The normalized spacial score (nSPS) is 12.0. The SMILES string of the molecule is CCNCCCCCOCCC(C)(C)C. The van der Waals surface area contributed by atoms with Crippen LogP contribution in [0.3, 0.4) is 0 Å². The molecule has 15 heavy (non-hydrogen) atoms. The van der Waals surface area contributed by atoms with E-state index in [1.807, 2.05) is 0 Å². The van der Waals surface area contributed by atoms with E-state index in [-0.39, 0.29) is 0 Å². The first-order valence-electron chi connectivity index (χ1n) is 6.35. The van der Waals surface area contributed by atoms with Crippen molar-refractivity contribution in [2.45, 2.75) is 53.4 Å². The Morgan fingerprint density at radius 2 is 1.73 bits per heavy atom. The highest BCUT2D eigenvalue weighted by Crippen LogP contribution is 2.17. The molecule has 2 nitrogen and oxygen atoms in total. The van der Waals surface area contributed by atoms with Crippen LogP contribution in [0.2, 0.25) is 0 Å². The molecule has 0 rings (SSSR count). The molecule has 1 N–H and O–H groups in total. The summed E-state index contributed by atoms with van der Waals surface area (Å²) in [4.78, 5) is 0. The van der Waals surface area contributed by atoms with Gasteiger partial charge in [-0.15, -0.1) is 0 Å². The van der Waals surface area contributed by atoms with Crippen molar-refractivity contribution in [1.82, 2.24) is 5.32 Å². The topological polar surface area (TPSA) is 21.3 Å². The van der Waals surface area contributed by atoms with E-state index in [0.29, 0.717) is 5.41 Å². The van der Waals surface area contributed by atoms with Crippen molar-refractivity contribution in [2.75, 3.05) is 26.3 Å². The van der Waals surface area contributed by atoms with Gasteiger partial charge in [0.1, 0.15) is 0 Å². The zero-order valence-corrected chi connectivity index (χ0v) is 11.1. The summed E-state index contributed by atoms with van der Waals surface area (Å²) in [6.45, 7) is 13.0. The van der Waals surface area contributed by atoms with E-state index in [2.05, 4.69) is 33.0 Å². The second-order valence-electron chi connectivity index (χ2n) is 5.34. The van der Waals surface area contributed by atoms with E-state index in [9.17, 15) is 0 Å². The third-order valence-corrected chi connectivity index (χ3v) is 2.39. The van der Waals surface area contributed by atoms with E-state index >= 15 is 0 Å². The lowest BCUT2D eigenvalue weighted by molar-refractivity contribution is 0.105. The molecule has 0 bridgehead atoms. The Hall–Kier alpha value is -0.0800. The Kier molecular flexibility index (Phi) is 9.12. The van der Waals surface area contributed by atoms with Crippen LogP contribution in [0, 0.1) is 5.41 Å². The number of nitrogens with one attached hydrogen (secondary N) is 1. The molecule has 0 aliphatic heterocycles. The molecule has 0 radical (unpaired) electrons. The highest BCUT2D eigenvalue weighted by molar-refractivity contribution is 4.59. The van der Waals surface area contributed by atoms with Gasteiger partial charge in [0, 0.05) is 13.2 Å². The second kappa shape index (κ2) is 9.17. The maximum atomic E-state index is 5.60. The average Bonchev–Trinajstić information content (AvgIpc) is 2.14. The summed E-state index contributed by atoms with van der Waals surface area (Å²) in [7, 11) is 0. The molecule has 0 amide bonds. The molecule has 0 atom stereocenters. The number of ether oxygens (including phenoxy) is 1. The Labute approximate surface area is 95.8 Å². The van der Waals surface area contributed by atoms with E-state index in [4.69, 9.17) is 4.74 Å². The highest BCUT2D eigenvalue weighted by Gasteiger charge is 2.08. The molecule has 0 aliphatic carbocycles. The Morgan fingerprint density at radius 3 is 2.33 bits per heavy atom. The van der Waals surface area contributed by atoms with Crippen molar-refractivity contribution in [3.8, 4) is 0 Å². The Balaban J connectivity index is 2.99. The van der Waals surface area contributed by atoms with E-state index < -0.39 is 0 Å². The molecule has 0 aromatic carbocycles. The molecule has 0 heterocycles. The summed E-state index contributed by atoms with van der Waals surface area (Å²) in [6.07, 6.45) is 4.92. The number of unbranched alkanes of at least 4 members (excludes halogenated alkanes) is 2. The monoisotopic (exact) mass is 215 g/mol. The maximum absolute atomic E-state index is 5.60. The van der Waals surface area contributed by atoms with Gasteiger partial charge in [-0.2, -0.15) is 0 Å². The summed E-state index contributed by atoms with van der Waals surface area (Å²) in [5, 5.41) is 3.33. The molecule has 0 aliphatic rings. The van der Waals surface area contributed by atoms with Gasteiger partial charge in [-0.3, -0.25) is 0 Å². The smallest absolute Gasteiger partial charge is 0.0471 e. The van der Waals surface area contributed by atoms with E-state index in [1.54, 1.807) is 0 Å². The van der Waals surface area contributed by atoms with Crippen molar-refractivity contribution in [3.63, 3.8) is 0 Å². The van der Waals surface area contributed by atoms with Gasteiger partial charge < -0.3 is 10.1 Å². The molecule has 0 fully saturated rings. The predicted molar refractivity (Wildman–Crippen MR) is 67.3 cm³/mol. The first-order chi connectivity index (χ1) is 7.06. The fraction of sp³-hybridized carbons (Fsp3) is 1.00. The Morgan fingerprint density at radius 1 is 1.00 bits per heavy atom. The van der Waals surface area contributed by atoms with Crippen LogP contribution in [-0.4, -0.2) is 26.3 Å². The summed E-state index contributed by atoms with van der Waals surface area (Å²) < 4.78 is 5.60. The van der Waals surface area contributed by atoms with Crippen LogP contribution in [0.5, 0.6) is 0 Å². The quantitative estimate of drug-likeness (QED) is 0.596. The molecule has 2 heteroatoms. The summed E-state index contributed by atoms with van der Waals surface area (Å²) in [5.74, 6) is 0. The zero-order chi connectivity index (χ0) is 11.6. The molecule has 0 unspecified atom stereocenters. The standard InChI is InChI=1S/C13H29NO/c1-5-14-10-7-6-8-11-15-12-9-13(2,3)4/h14H,5-12H2,1-4H3. The minimum absolute atomic E-state index is 0.408. The van der Waals surface area contributed by atoms with Gasteiger partial charge in [0.15, 0.2) is 0 Å². The minimum Gasteiger partial charge on any atom is -0.381 e. The molecular formula is C13H29NO. The van der Waals surface area contributed by atoms with Crippen molar-refractivity contribution in [3.05, 3.63) is 0 Å².